The Morgan fingerprint density at radius 2 is 1.90 bits per heavy atom. The van der Waals surface area contributed by atoms with Crippen LogP contribution in [0.4, 0.5) is 11.6 Å². The van der Waals surface area contributed by atoms with Crippen LogP contribution in [0.15, 0.2) is 41.4 Å². The van der Waals surface area contributed by atoms with Gasteiger partial charge >= 0.3 is 0 Å². The van der Waals surface area contributed by atoms with Gasteiger partial charge in [0.25, 0.3) is 0 Å². The second-order valence-electron chi connectivity index (χ2n) is 7.14. The van der Waals surface area contributed by atoms with E-state index in [0.29, 0.717) is 15.7 Å². The van der Waals surface area contributed by atoms with E-state index in [-0.39, 0.29) is 24.2 Å². The molecular weight excluding hydrogens is 439 g/mol. The molecule has 1 aromatic heterocycles. The van der Waals surface area contributed by atoms with Crippen LogP contribution in [0.25, 0.3) is 10.9 Å². The molecular formula is C21H18Cl2N6O2. The SMILES string of the molecule is Cc1ccc2nc(NC3=NC(C(=O)Nc4ccc(Cl)c(Cl)c4)CC(=O)N3)nc(C)c2c1. The third-order valence-corrected chi connectivity index (χ3v) is 5.42. The molecule has 10 heteroatoms. The molecule has 3 aromatic rings. The van der Waals surface area contributed by atoms with Crippen LogP contribution in [0.2, 0.25) is 10.0 Å². The summed E-state index contributed by atoms with van der Waals surface area (Å²) in [4.78, 5) is 38.0. The Labute approximate surface area is 188 Å². The number of carbonyl (C=O) groups excluding carboxylic acids is 2. The van der Waals surface area contributed by atoms with Gasteiger partial charge < -0.3 is 5.32 Å². The van der Waals surface area contributed by atoms with Gasteiger partial charge in [-0.3, -0.25) is 20.2 Å². The number of nitrogens with one attached hydrogen (secondary N) is 3. The summed E-state index contributed by atoms with van der Waals surface area (Å²) in [6.45, 7) is 3.88. The first-order valence-electron chi connectivity index (χ1n) is 9.44. The number of aryl methyl sites for hydroxylation is 2. The molecule has 2 aromatic carbocycles. The van der Waals surface area contributed by atoms with Crippen molar-refractivity contribution < 1.29 is 9.59 Å². The summed E-state index contributed by atoms with van der Waals surface area (Å²) in [7, 11) is 0. The maximum Gasteiger partial charge on any atom is 0.249 e. The van der Waals surface area contributed by atoms with E-state index in [1.165, 1.54) is 6.07 Å². The molecule has 0 saturated heterocycles. The number of amides is 2. The topological polar surface area (TPSA) is 108 Å². The van der Waals surface area contributed by atoms with Crippen molar-refractivity contribution in [3.63, 3.8) is 0 Å². The highest BCUT2D eigenvalue weighted by atomic mass is 35.5. The highest BCUT2D eigenvalue weighted by Crippen LogP contribution is 2.25. The van der Waals surface area contributed by atoms with Crippen LogP contribution >= 0.6 is 23.2 Å². The van der Waals surface area contributed by atoms with E-state index in [1.807, 2.05) is 32.0 Å². The standard InChI is InChI=1S/C21H18Cl2N6O2/c1-10-3-6-16-13(7-10)11(2)24-20(26-16)29-21-27-17(9-18(30)28-21)19(31)25-12-4-5-14(22)15(23)8-12/h3-8,17H,9H2,1-2H3,(H,25,31)(H2,24,26,27,28,29,30). The van der Waals surface area contributed by atoms with Crippen molar-refractivity contribution in [2.24, 2.45) is 4.99 Å². The second kappa shape index (κ2) is 8.49. The number of anilines is 2. The lowest BCUT2D eigenvalue weighted by Crippen LogP contribution is -2.46. The zero-order valence-electron chi connectivity index (χ0n) is 16.7. The zero-order chi connectivity index (χ0) is 22.1. The molecule has 0 fully saturated rings. The summed E-state index contributed by atoms with van der Waals surface area (Å²) in [5.74, 6) is -0.409. The quantitative estimate of drug-likeness (QED) is 0.554. The first-order chi connectivity index (χ1) is 14.8. The smallest absolute Gasteiger partial charge is 0.249 e. The molecule has 1 atom stereocenters. The molecule has 158 valence electrons. The van der Waals surface area contributed by atoms with Crippen molar-refractivity contribution in [3.8, 4) is 0 Å². The zero-order valence-corrected chi connectivity index (χ0v) is 18.2. The summed E-state index contributed by atoms with van der Waals surface area (Å²) in [5.41, 5.74) is 3.11. The molecule has 31 heavy (non-hydrogen) atoms. The highest BCUT2D eigenvalue weighted by Gasteiger charge is 2.27. The second-order valence-corrected chi connectivity index (χ2v) is 7.96. The number of fused-ring (bicyclic) bond motifs is 1. The van der Waals surface area contributed by atoms with E-state index in [0.717, 1.165) is 22.2 Å². The Morgan fingerprint density at radius 1 is 1.10 bits per heavy atom. The largest absolute Gasteiger partial charge is 0.324 e. The van der Waals surface area contributed by atoms with Crippen molar-refractivity contribution in [1.82, 2.24) is 15.3 Å². The van der Waals surface area contributed by atoms with Gasteiger partial charge in [-0.1, -0.05) is 34.8 Å². The normalized spacial score (nSPS) is 15.9. The number of carbonyl (C=O) groups is 2. The van der Waals surface area contributed by atoms with Crippen LogP contribution < -0.4 is 16.0 Å². The number of rotatable bonds is 3. The van der Waals surface area contributed by atoms with Crippen molar-refractivity contribution in [3.05, 3.63) is 57.7 Å². The first-order valence-corrected chi connectivity index (χ1v) is 10.2. The van der Waals surface area contributed by atoms with Crippen LogP contribution in [0.1, 0.15) is 17.7 Å². The van der Waals surface area contributed by atoms with Crippen LogP contribution in [-0.2, 0) is 9.59 Å². The van der Waals surface area contributed by atoms with Crippen molar-refractivity contribution in [1.29, 1.82) is 0 Å². The van der Waals surface area contributed by atoms with E-state index in [9.17, 15) is 9.59 Å². The Bertz CT molecular complexity index is 1240. The van der Waals surface area contributed by atoms with E-state index in [2.05, 4.69) is 30.9 Å². The molecule has 1 aliphatic rings. The number of hydrogen-bond donors (Lipinski definition) is 3. The highest BCUT2D eigenvalue weighted by molar-refractivity contribution is 6.42. The fraction of sp³-hybridized carbons (Fsp3) is 0.190. The lowest BCUT2D eigenvalue weighted by Gasteiger charge is -2.21. The summed E-state index contributed by atoms with van der Waals surface area (Å²) in [6, 6.07) is 9.67. The molecule has 1 unspecified atom stereocenters. The Hall–Kier alpha value is -3.23. The van der Waals surface area contributed by atoms with Gasteiger partial charge in [0.05, 0.1) is 27.7 Å². The third-order valence-electron chi connectivity index (χ3n) is 4.68. The van der Waals surface area contributed by atoms with E-state index >= 15 is 0 Å². The molecule has 1 aliphatic heterocycles. The molecule has 2 amide bonds. The van der Waals surface area contributed by atoms with E-state index < -0.39 is 11.9 Å². The number of halogens is 2. The Kier molecular flexibility index (Phi) is 5.75. The van der Waals surface area contributed by atoms with E-state index in [4.69, 9.17) is 23.2 Å². The van der Waals surface area contributed by atoms with Gasteiger partial charge in [-0.05, 0) is 44.2 Å². The summed E-state index contributed by atoms with van der Waals surface area (Å²) in [5, 5.41) is 9.84. The molecule has 0 bridgehead atoms. The molecule has 0 spiro atoms. The number of aliphatic imine (C=N–C) groups is 1. The molecule has 3 N–H and O–H groups in total. The number of benzene rings is 2. The first kappa shape index (κ1) is 21.0. The minimum atomic E-state index is -0.921. The number of guanidine groups is 1. The summed E-state index contributed by atoms with van der Waals surface area (Å²) in [6.07, 6.45) is -0.0881. The predicted molar refractivity (Wildman–Crippen MR) is 122 cm³/mol. The molecule has 0 saturated carbocycles. The average Bonchev–Trinajstić information content (AvgIpc) is 2.71. The van der Waals surface area contributed by atoms with Gasteiger partial charge in [0.2, 0.25) is 23.7 Å². The minimum absolute atomic E-state index is 0.0881. The van der Waals surface area contributed by atoms with Gasteiger partial charge in [-0.25, -0.2) is 15.0 Å². The van der Waals surface area contributed by atoms with Crippen LogP contribution in [0.3, 0.4) is 0 Å². The number of nitrogens with zero attached hydrogens (tertiary/aromatic N) is 3. The number of hydrogen-bond acceptors (Lipinski definition) is 6. The summed E-state index contributed by atoms with van der Waals surface area (Å²) < 4.78 is 0. The van der Waals surface area contributed by atoms with Gasteiger partial charge in [0.15, 0.2) is 0 Å². The van der Waals surface area contributed by atoms with Crippen LogP contribution in [0.5, 0.6) is 0 Å². The molecule has 0 aliphatic carbocycles. The van der Waals surface area contributed by atoms with E-state index in [1.54, 1.807) is 12.1 Å². The summed E-state index contributed by atoms with van der Waals surface area (Å²) >= 11 is 11.9. The van der Waals surface area contributed by atoms with Crippen LogP contribution in [-0.4, -0.2) is 33.8 Å². The molecule has 8 nitrogen and oxygen atoms in total. The van der Waals surface area contributed by atoms with Gasteiger partial charge in [-0.2, -0.15) is 0 Å². The van der Waals surface area contributed by atoms with Gasteiger partial charge in [0, 0.05) is 11.1 Å². The van der Waals surface area contributed by atoms with Crippen molar-refractivity contribution in [2.45, 2.75) is 26.3 Å². The molecule has 0 radical (unpaired) electrons. The lowest BCUT2D eigenvalue weighted by molar-refractivity contribution is -0.124. The Morgan fingerprint density at radius 3 is 2.68 bits per heavy atom. The van der Waals surface area contributed by atoms with Crippen molar-refractivity contribution >= 4 is 63.5 Å². The predicted octanol–water partition coefficient (Wildman–Crippen LogP) is 3.85. The maximum absolute atomic E-state index is 12.6. The van der Waals surface area contributed by atoms with Gasteiger partial charge in [0.1, 0.15) is 6.04 Å². The maximum atomic E-state index is 12.6. The van der Waals surface area contributed by atoms with Crippen molar-refractivity contribution in [2.75, 3.05) is 10.6 Å². The average molecular weight is 457 g/mol. The monoisotopic (exact) mass is 456 g/mol. The van der Waals surface area contributed by atoms with Gasteiger partial charge in [-0.15, -0.1) is 0 Å². The Balaban J connectivity index is 1.55. The molecule has 4 rings (SSSR count). The fourth-order valence-corrected chi connectivity index (χ4v) is 3.46. The fourth-order valence-electron chi connectivity index (χ4n) is 3.16. The number of aromatic nitrogens is 2. The minimum Gasteiger partial charge on any atom is -0.324 e. The lowest BCUT2D eigenvalue weighted by atomic mass is 10.1. The third kappa shape index (κ3) is 4.76. The molecule has 2 heterocycles. The van der Waals surface area contributed by atoms with Crippen LogP contribution in [0, 0.1) is 13.8 Å².